The van der Waals surface area contributed by atoms with Gasteiger partial charge in [-0.2, -0.15) is 11.3 Å². The Hall–Kier alpha value is -0.710. The fourth-order valence-corrected chi connectivity index (χ4v) is 3.62. The van der Waals surface area contributed by atoms with Crippen LogP contribution in [-0.2, 0) is 6.42 Å². The zero-order chi connectivity index (χ0) is 12.8. The fraction of sp³-hybridized carbons (Fsp3) is 0.357. The van der Waals surface area contributed by atoms with Crippen molar-refractivity contribution < 1.29 is 0 Å². The maximum atomic E-state index is 4.38. The second-order valence-corrected chi connectivity index (χ2v) is 5.74. The number of aryl methyl sites for hydroxylation is 1. The number of aromatic nitrogens is 1. The van der Waals surface area contributed by atoms with Crippen molar-refractivity contribution in [3.8, 4) is 0 Å². The van der Waals surface area contributed by atoms with Crippen molar-refractivity contribution in [3.05, 3.63) is 50.9 Å². The summed E-state index contributed by atoms with van der Waals surface area (Å²) >= 11 is 5.36. The number of halogens is 1. The molecule has 0 fully saturated rings. The molecule has 1 unspecified atom stereocenters. The van der Waals surface area contributed by atoms with E-state index in [0.717, 1.165) is 25.1 Å². The first-order chi connectivity index (χ1) is 8.81. The van der Waals surface area contributed by atoms with Crippen LogP contribution < -0.4 is 5.32 Å². The van der Waals surface area contributed by atoms with Gasteiger partial charge in [-0.25, -0.2) is 0 Å². The van der Waals surface area contributed by atoms with Crippen molar-refractivity contribution in [3.63, 3.8) is 0 Å². The molecule has 0 aliphatic carbocycles. The molecule has 2 rings (SSSR count). The molecule has 2 aromatic heterocycles. The van der Waals surface area contributed by atoms with E-state index in [1.54, 1.807) is 11.3 Å². The van der Waals surface area contributed by atoms with Gasteiger partial charge in [-0.1, -0.05) is 13.0 Å². The number of nitrogens with one attached hydrogen (secondary N) is 1. The molecule has 2 aromatic rings. The molecule has 0 amide bonds. The van der Waals surface area contributed by atoms with Crippen LogP contribution in [0.25, 0.3) is 0 Å². The molecule has 18 heavy (non-hydrogen) atoms. The molecule has 0 aliphatic heterocycles. The topological polar surface area (TPSA) is 24.9 Å². The Morgan fingerprint density at radius 1 is 1.39 bits per heavy atom. The summed E-state index contributed by atoms with van der Waals surface area (Å²) in [6, 6.07) is 6.50. The lowest BCUT2D eigenvalue weighted by Gasteiger charge is -2.17. The van der Waals surface area contributed by atoms with E-state index in [9.17, 15) is 0 Å². The fourth-order valence-electron chi connectivity index (χ4n) is 1.99. The second kappa shape index (κ2) is 7.02. The van der Waals surface area contributed by atoms with Gasteiger partial charge in [0.15, 0.2) is 0 Å². The number of pyridine rings is 1. The van der Waals surface area contributed by atoms with Gasteiger partial charge < -0.3 is 5.32 Å². The lowest BCUT2D eigenvalue weighted by atomic mass is 10.0. The summed E-state index contributed by atoms with van der Waals surface area (Å²) in [5.74, 6) is 0. The molecule has 0 bridgehead atoms. The van der Waals surface area contributed by atoms with Crippen LogP contribution in [0.15, 0.2) is 39.6 Å². The lowest BCUT2D eigenvalue weighted by Crippen LogP contribution is -2.21. The lowest BCUT2D eigenvalue weighted by molar-refractivity contribution is 0.512. The molecule has 96 valence electrons. The summed E-state index contributed by atoms with van der Waals surface area (Å²) in [5, 5.41) is 7.90. The Bertz CT molecular complexity index is 470. The van der Waals surface area contributed by atoms with Crippen LogP contribution in [0.5, 0.6) is 0 Å². The first-order valence-electron chi connectivity index (χ1n) is 6.16. The van der Waals surface area contributed by atoms with Crippen molar-refractivity contribution in [2.24, 2.45) is 0 Å². The summed E-state index contributed by atoms with van der Waals surface area (Å²) in [5.41, 5.74) is 2.52. The van der Waals surface area contributed by atoms with Crippen LogP contribution in [0.3, 0.4) is 0 Å². The van der Waals surface area contributed by atoms with E-state index in [2.05, 4.69) is 50.0 Å². The zero-order valence-electron chi connectivity index (χ0n) is 10.4. The van der Waals surface area contributed by atoms with Crippen LogP contribution in [0.4, 0.5) is 0 Å². The predicted octanol–water partition coefficient (Wildman–Crippen LogP) is 4.19. The Balaban J connectivity index is 2.01. The molecule has 0 spiro atoms. The summed E-state index contributed by atoms with van der Waals surface area (Å²) in [6.45, 7) is 3.13. The van der Waals surface area contributed by atoms with E-state index in [-0.39, 0.29) is 0 Å². The normalized spacial score (nSPS) is 12.6. The van der Waals surface area contributed by atoms with Crippen LogP contribution in [0, 0.1) is 0 Å². The van der Waals surface area contributed by atoms with Crippen LogP contribution in [0.1, 0.15) is 30.6 Å². The molecule has 0 saturated carbocycles. The van der Waals surface area contributed by atoms with Gasteiger partial charge in [0.2, 0.25) is 0 Å². The molecule has 0 radical (unpaired) electrons. The number of nitrogens with zero attached hydrogens (tertiary/aromatic N) is 1. The van der Waals surface area contributed by atoms with Gasteiger partial charge in [0, 0.05) is 27.8 Å². The third-order valence-electron chi connectivity index (χ3n) is 2.88. The monoisotopic (exact) mass is 324 g/mol. The minimum atomic E-state index is 0.401. The van der Waals surface area contributed by atoms with Gasteiger partial charge in [0.05, 0.1) is 0 Å². The first-order valence-corrected chi connectivity index (χ1v) is 7.89. The van der Waals surface area contributed by atoms with Gasteiger partial charge in [-0.05, 0) is 58.4 Å². The highest BCUT2D eigenvalue weighted by Gasteiger charge is 2.14. The molecule has 2 heterocycles. The summed E-state index contributed by atoms with van der Waals surface area (Å²) in [6.07, 6.45) is 3.93. The van der Waals surface area contributed by atoms with Gasteiger partial charge in [-0.15, -0.1) is 0 Å². The number of hydrogen-bond acceptors (Lipinski definition) is 3. The summed E-state index contributed by atoms with van der Waals surface area (Å²) < 4.78 is 1.21. The molecule has 4 heteroatoms. The number of rotatable bonds is 6. The predicted molar refractivity (Wildman–Crippen MR) is 81.0 cm³/mol. The summed E-state index contributed by atoms with van der Waals surface area (Å²) in [4.78, 5) is 4.38. The molecule has 2 nitrogen and oxygen atoms in total. The highest BCUT2D eigenvalue weighted by Crippen LogP contribution is 2.29. The van der Waals surface area contributed by atoms with Gasteiger partial charge in [0.1, 0.15) is 0 Å². The Kier molecular flexibility index (Phi) is 5.35. The van der Waals surface area contributed by atoms with E-state index in [1.165, 1.54) is 10.0 Å². The van der Waals surface area contributed by atoms with Gasteiger partial charge >= 0.3 is 0 Å². The minimum Gasteiger partial charge on any atom is -0.310 e. The zero-order valence-corrected chi connectivity index (χ0v) is 12.8. The standard InChI is InChI=1S/C14H17BrN2S/c1-2-16-14(12-9-18-10-13(12)15)7-6-11-5-3-4-8-17-11/h3-5,8-10,14,16H,2,6-7H2,1H3. The molecule has 1 N–H and O–H groups in total. The largest absolute Gasteiger partial charge is 0.310 e. The summed E-state index contributed by atoms with van der Waals surface area (Å²) in [7, 11) is 0. The Morgan fingerprint density at radius 2 is 2.28 bits per heavy atom. The third kappa shape index (κ3) is 3.64. The molecule has 0 aromatic carbocycles. The van der Waals surface area contributed by atoms with Crippen LogP contribution in [-0.4, -0.2) is 11.5 Å². The highest BCUT2D eigenvalue weighted by atomic mass is 79.9. The first kappa shape index (κ1) is 13.7. The number of hydrogen-bond donors (Lipinski definition) is 1. The van der Waals surface area contributed by atoms with E-state index < -0.39 is 0 Å². The average molecular weight is 325 g/mol. The van der Waals surface area contributed by atoms with Crippen molar-refractivity contribution >= 4 is 27.3 Å². The maximum Gasteiger partial charge on any atom is 0.0404 e. The van der Waals surface area contributed by atoms with Crippen molar-refractivity contribution in [2.45, 2.75) is 25.8 Å². The van der Waals surface area contributed by atoms with E-state index >= 15 is 0 Å². The van der Waals surface area contributed by atoms with E-state index in [0.29, 0.717) is 6.04 Å². The SMILES string of the molecule is CCNC(CCc1ccccn1)c1cscc1Br. The minimum absolute atomic E-state index is 0.401. The van der Waals surface area contributed by atoms with Crippen molar-refractivity contribution in [2.75, 3.05) is 6.54 Å². The van der Waals surface area contributed by atoms with Crippen LogP contribution >= 0.6 is 27.3 Å². The molecule has 1 atom stereocenters. The molecular weight excluding hydrogens is 308 g/mol. The Labute approximate surface area is 121 Å². The van der Waals surface area contributed by atoms with Gasteiger partial charge in [0.25, 0.3) is 0 Å². The average Bonchev–Trinajstić information content (AvgIpc) is 2.82. The van der Waals surface area contributed by atoms with Crippen molar-refractivity contribution in [1.29, 1.82) is 0 Å². The van der Waals surface area contributed by atoms with E-state index in [4.69, 9.17) is 0 Å². The molecular formula is C14H17BrN2S. The highest BCUT2D eigenvalue weighted by molar-refractivity contribution is 9.10. The quantitative estimate of drug-likeness (QED) is 0.861. The molecule has 0 saturated heterocycles. The smallest absolute Gasteiger partial charge is 0.0404 e. The van der Waals surface area contributed by atoms with Crippen LogP contribution in [0.2, 0.25) is 0 Å². The maximum absolute atomic E-state index is 4.38. The third-order valence-corrected chi connectivity index (χ3v) is 4.64. The van der Waals surface area contributed by atoms with E-state index in [1.807, 2.05) is 18.3 Å². The van der Waals surface area contributed by atoms with Gasteiger partial charge in [-0.3, -0.25) is 4.98 Å². The number of thiophene rings is 1. The second-order valence-electron chi connectivity index (χ2n) is 4.15. The Morgan fingerprint density at radius 3 is 2.89 bits per heavy atom. The molecule has 0 aliphatic rings. The van der Waals surface area contributed by atoms with Crippen molar-refractivity contribution in [1.82, 2.24) is 10.3 Å².